The van der Waals surface area contributed by atoms with Crippen LogP contribution < -0.4 is 4.90 Å². The molecule has 0 radical (unpaired) electrons. The minimum absolute atomic E-state index is 0.0180. The molecule has 0 aromatic heterocycles. The van der Waals surface area contributed by atoms with E-state index in [4.69, 9.17) is 0 Å². The molecule has 0 aliphatic carbocycles. The van der Waals surface area contributed by atoms with Crippen molar-refractivity contribution in [3.8, 4) is 0 Å². The fraction of sp³-hybridized carbons (Fsp3) is 0.409. The standard InChI is InChI=1S/C22H26N2O3S/c1-3-17-9-11-19(12-10-17)24-21-15-28(26,27)14-20(21)23(13-22(24)25)16(2)18-7-5-4-6-8-18/h4-12,16,20-21H,3,13-15H2,1-2H3. The Kier molecular flexibility index (Phi) is 5.02. The van der Waals surface area contributed by atoms with E-state index >= 15 is 0 Å². The fourth-order valence-corrected chi connectivity index (χ4v) is 6.44. The first-order chi connectivity index (χ1) is 13.4. The largest absolute Gasteiger partial charge is 0.306 e. The van der Waals surface area contributed by atoms with Gasteiger partial charge >= 0.3 is 0 Å². The molecule has 3 atom stereocenters. The van der Waals surface area contributed by atoms with Crippen molar-refractivity contribution in [2.75, 3.05) is 23.0 Å². The zero-order valence-electron chi connectivity index (χ0n) is 16.3. The molecule has 0 bridgehead atoms. The second-order valence-corrected chi connectivity index (χ2v) is 9.91. The number of fused-ring (bicyclic) bond motifs is 1. The first kappa shape index (κ1) is 19.2. The van der Waals surface area contributed by atoms with Gasteiger partial charge < -0.3 is 4.90 Å². The minimum atomic E-state index is -3.19. The van der Waals surface area contributed by atoms with E-state index in [9.17, 15) is 13.2 Å². The first-order valence-corrected chi connectivity index (χ1v) is 11.6. The average Bonchev–Trinajstić information content (AvgIpc) is 3.02. The molecule has 4 rings (SSSR count). The highest BCUT2D eigenvalue weighted by Gasteiger charge is 2.50. The predicted molar refractivity (Wildman–Crippen MR) is 111 cm³/mol. The van der Waals surface area contributed by atoms with Crippen LogP contribution >= 0.6 is 0 Å². The number of aryl methyl sites for hydroxylation is 1. The Hall–Kier alpha value is -2.18. The van der Waals surface area contributed by atoms with Gasteiger partial charge in [-0.2, -0.15) is 0 Å². The van der Waals surface area contributed by atoms with Gasteiger partial charge in [0.1, 0.15) is 0 Å². The van der Waals surface area contributed by atoms with Gasteiger partial charge in [-0.3, -0.25) is 9.69 Å². The summed E-state index contributed by atoms with van der Waals surface area (Å²) in [7, 11) is -3.19. The van der Waals surface area contributed by atoms with Crippen molar-refractivity contribution in [3.05, 3.63) is 65.7 Å². The molecule has 148 valence electrons. The Morgan fingerprint density at radius 1 is 1.00 bits per heavy atom. The number of rotatable bonds is 4. The molecule has 0 N–H and O–H groups in total. The highest BCUT2D eigenvalue weighted by atomic mass is 32.2. The molecule has 5 nitrogen and oxygen atoms in total. The van der Waals surface area contributed by atoms with Gasteiger partial charge in [-0.15, -0.1) is 0 Å². The summed E-state index contributed by atoms with van der Waals surface area (Å²) in [6.45, 7) is 4.36. The second-order valence-electron chi connectivity index (χ2n) is 7.75. The lowest BCUT2D eigenvalue weighted by Gasteiger charge is -2.46. The van der Waals surface area contributed by atoms with Crippen molar-refractivity contribution in [1.82, 2.24) is 4.90 Å². The number of carbonyl (C=O) groups is 1. The van der Waals surface area contributed by atoms with E-state index in [-0.39, 0.29) is 42.1 Å². The van der Waals surface area contributed by atoms with Gasteiger partial charge in [0.25, 0.3) is 0 Å². The quantitative estimate of drug-likeness (QED) is 0.795. The van der Waals surface area contributed by atoms with Gasteiger partial charge in [0.2, 0.25) is 5.91 Å². The molecule has 1 amide bonds. The summed E-state index contributed by atoms with van der Waals surface area (Å²) < 4.78 is 25.0. The van der Waals surface area contributed by atoms with E-state index in [0.29, 0.717) is 0 Å². The van der Waals surface area contributed by atoms with Crippen molar-refractivity contribution in [2.24, 2.45) is 0 Å². The minimum Gasteiger partial charge on any atom is -0.306 e. The number of hydrogen-bond acceptors (Lipinski definition) is 4. The number of anilines is 1. The Balaban J connectivity index is 1.69. The smallest absolute Gasteiger partial charge is 0.241 e. The molecule has 2 saturated heterocycles. The second kappa shape index (κ2) is 7.33. The third kappa shape index (κ3) is 3.47. The highest BCUT2D eigenvalue weighted by molar-refractivity contribution is 7.91. The van der Waals surface area contributed by atoms with Gasteiger partial charge in [0, 0.05) is 17.8 Å². The Morgan fingerprint density at radius 3 is 2.29 bits per heavy atom. The summed E-state index contributed by atoms with van der Waals surface area (Å²) in [4.78, 5) is 16.9. The van der Waals surface area contributed by atoms with Crippen LogP contribution in [0.5, 0.6) is 0 Å². The Bertz CT molecular complexity index is 957. The first-order valence-electron chi connectivity index (χ1n) is 9.81. The monoisotopic (exact) mass is 398 g/mol. The molecule has 0 saturated carbocycles. The zero-order valence-corrected chi connectivity index (χ0v) is 17.1. The lowest BCUT2D eigenvalue weighted by molar-refractivity contribution is -0.124. The molecule has 2 fully saturated rings. The van der Waals surface area contributed by atoms with Crippen LogP contribution in [-0.4, -0.2) is 49.4 Å². The van der Waals surface area contributed by atoms with E-state index in [2.05, 4.69) is 18.7 Å². The molecule has 2 aromatic carbocycles. The van der Waals surface area contributed by atoms with Crippen LogP contribution in [0.4, 0.5) is 5.69 Å². The summed E-state index contributed by atoms with van der Waals surface area (Å²) >= 11 is 0. The molecule has 2 aliphatic heterocycles. The van der Waals surface area contributed by atoms with Crippen LogP contribution in [-0.2, 0) is 21.1 Å². The summed E-state index contributed by atoms with van der Waals surface area (Å²) in [6.07, 6.45) is 0.928. The maximum Gasteiger partial charge on any atom is 0.241 e. The predicted octanol–water partition coefficient (Wildman–Crippen LogP) is 2.82. The molecular weight excluding hydrogens is 372 g/mol. The molecule has 2 aliphatic rings. The number of benzene rings is 2. The van der Waals surface area contributed by atoms with Crippen LogP contribution in [0.25, 0.3) is 0 Å². The van der Waals surface area contributed by atoms with Crippen LogP contribution in [0, 0.1) is 0 Å². The lowest BCUT2D eigenvalue weighted by atomic mass is 9.97. The van der Waals surface area contributed by atoms with Crippen molar-refractivity contribution in [3.63, 3.8) is 0 Å². The van der Waals surface area contributed by atoms with Gasteiger partial charge in [0.15, 0.2) is 9.84 Å². The molecule has 3 unspecified atom stereocenters. The van der Waals surface area contributed by atoms with Crippen molar-refractivity contribution in [2.45, 2.75) is 38.4 Å². The van der Waals surface area contributed by atoms with Gasteiger partial charge in [-0.1, -0.05) is 49.4 Å². The van der Waals surface area contributed by atoms with E-state index in [1.165, 1.54) is 5.56 Å². The summed E-state index contributed by atoms with van der Waals surface area (Å²) in [5.41, 5.74) is 3.09. The van der Waals surface area contributed by atoms with E-state index < -0.39 is 9.84 Å². The van der Waals surface area contributed by atoms with Crippen LogP contribution in [0.1, 0.15) is 31.0 Å². The normalized spacial score (nSPS) is 25.5. The molecule has 2 heterocycles. The lowest BCUT2D eigenvalue weighted by Crippen LogP contribution is -2.62. The fourth-order valence-electron chi connectivity index (χ4n) is 4.48. The summed E-state index contributed by atoms with van der Waals surface area (Å²) in [5.74, 6) is 0.0909. The highest BCUT2D eigenvalue weighted by Crippen LogP contribution is 2.36. The maximum absolute atomic E-state index is 13.1. The number of piperazine rings is 1. The van der Waals surface area contributed by atoms with E-state index in [1.807, 2.05) is 54.6 Å². The third-order valence-electron chi connectivity index (χ3n) is 6.04. The molecule has 2 aromatic rings. The summed E-state index contributed by atoms with van der Waals surface area (Å²) in [6, 6.07) is 17.3. The van der Waals surface area contributed by atoms with Gasteiger partial charge in [-0.05, 0) is 36.6 Å². The third-order valence-corrected chi connectivity index (χ3v) is 7.74. The van der Waals surface area contributed by atoms with Crippen LogP contribution in [0.2, 0.25) is 0 Å². The van der Waals surface area contributed by atoms with E-state index in [0.717, 1.165) is 17.7 Å². The molecule has 0 spiro atoms. The van der Waals surface area contributed by atoms with Gasteiger partial charge in [-0.25, -0.2) is 8.42 Å². The Morgan fingerprint density at radius 2 is 1.64 bits per heavy atom. The van der Waals surface area contributed by atoms with E-state index in [1.54, 1.807) is 4.90 Å². The van der Waals surface area contributed by atoms with Crippen LogP contribution in [0.15, 0.2) is 54.6 Å². The maximum atomic E-state index is 13.1. The number of hydrogen-bond donors (Lipinski definition) is 0. The van der Waals surface area contributed by atoms with Gasteiger partial charge in [0.05, 0.1) is 24.1 Å². The van der Waals surface area contributed by atoms with Crippen molar-refractivity contribution in [1.29, 1.82) is 0 Å². The SMILES string of the molecule is CCc1ccc(N2C(=O)CN(C(C)c3ccccc3)C3CS(=O)(=O)CC32)cc1. The molecule has 28 heavy (non-hydrogen) atoms. The number of carbonyl (C=O) groups excluding carboxylic acids is 1. The Labute approximate surface area is 166 Å². The molecular formula is C22H26N2O3S. The molecule has 6 heteroatoms. The van der Waals surface area contributed by atoms with Crippen molar-refractivity contribution >= 4 is 21.4 Å². The van der Waals surface area contributed by atoms with Crippen molar-refractivity contribution < 1.29 is 13.2 Å². The topological polar surface area (TPSA) is 57.7 Å². The number of nitrogens with zero attached hydrogens (tertiary/aromatic N) is 2. The average molecular weight is 399 g/mol. The summed E-state index contributed by atoms with van der Waals surface area (Å²) in [5, 5.41) is 0. The van der Waals surface area contributed by atoms with Crippen LogP contribution in [0.3, 0.4) is 0 Å². The number of sulfone groups is 1. The number of amides is 1. The zero-order chi connectivity index (χ0) is 19.9.